The number of carbonyl (C=O) groups excluding carboxylic acids is 1. The summed E-state index contributed by atoms with van der Waals surface area (Å²) in [5.74, 6) is -0.907. The molecule has 2 aromatic heterocycles. The van der Waals surface area contributed by atoms with Gasteiger partial charge in [-0.15, -0.1) is 0 Å². The molecule has 0 radical (unpaired) electrons. The zero-order valence-electron chi connectivity index (χ0n) is 13.5. The number of aromatic nitrogens is 3. The Morgan fingerprint density at radius 1 is 1.44 bits per heavy atom. The molecule has 0 unspecified atom stereocenters. The van der Waals surface area contributed by atoms with Gasteiger partial charge in [-0.1, -0.05) is 18.2 Å². The lowest BCUT2D eigenvalue weighted by atomic mass is 10.1. The standard InChI is InChI=1S/C18H15ClFN3O2/c1-3-16-14(18(24)25-4-2)10-23(22-16)9-11-5-12-7-13(19)8-21-17(12)15(20)6-11/h3,5-8,10H,1,4,9H2,2H3. The van der Waals surface area contributed by atoms with Gasteiger partial charge < -0.3 is 4.74 Å². The minimum Gasteiger partial charge on any atom is -0.462 e. The fourth-order valence-electron chi connectivity index (χ4n) is 2.55. The summed E-state index contributed by atoms with van der Waals surface area (Å²) in [5.41, 5.74) is 1.67. The zero-order chi connectivity index (χ0) is 18.0. The summed E-state index contributed by atoms with van der Waals surface area (Å²) in [4.78, 5) is 16.0. The molecule has 0 fully saturated rings. The van der Waals surface area contributed by atoms with E-state index in [1.165, 1.54) is 18.3 Å². The van der Waals surface area contributed by atoms with Crippen LogP contribution in [-0.2, 0) is 11.3 Å². The number of rotatable bonds is 5. The van der Waals surface area contributed by atoms with Gasteiger partial charge in [-0.3, -0.25) is 9.67 Å². The molecule has 1 aromatic carbocycles. The zero-order valence-corrected chi connectivity index (χ0v) is 14.3. The summed E-state index contributed by atoms with van der Waals surface area (Å²) >= 11 is 5.93. The lowest BCUT2D eigenvalue weighted by Crippen LogP contribution is -2.05. The summed E-state index contributed by atoms with van der Waals surface area (Å²) in [6.45, 7) is 5.93. The van der Waals surface area contributed by atoms with Gasteiger partial charge in [0, 0.05) is 17.8 Å². The van der Waals surface area contributed by atoms with E-state index in [4.69, 9.17) is 16.3 Å². The fraction of sp³-hybridized carbons (Fsp3) is 0.167. The molecule has 5 nitrogen and oxygen atoms in total. The number of carbonyl (C=O) groups is 1. The summed E-state index contributed by atoms with van der Waals surface area (Å²) in [6.07, 6.45) is 4.45. The monoisotopic (exact) mass is 359 g/mol. The van der Waals surface area contributed by atoms with Crippen LogP contribution in [0.2, 0.25) is 5.02 Å². The highest BCUT2D eigenvalue weighted by atomic mass is 35.5. The van der Waals surface area contributed by atoms with Gasteiger partial charge in [0.1, 0.15) is 16.9 Å². The first kappa shape index (κ1) is 17.1. The van der Waals surface area contributed by atoms with Crippen LogP contribution in [0.15, 0.2) is 37.2 Å². The SMILES string of the molecule is C=Cc1nn(Cc2cc(F)c3ncc(Cl)cc3c2)cc1C(=O)OCC. The molecule has 0 saturated heterocycles. The van der Waals surface area contributed by atoms with E-state index in [1.54, 1.807) is 29.9 Å². The van der Waals surface area contributed by atoms with Crippen molar-refractivity contribution >= 4 is 34.5 Å². The fourth-order valence-corrected chi connectivity index (χ4v) is 2.72. The quantitative estimate of drug-likeness (QED) is 0.644. The van der Waals surface area contributed by atoms with Gasteiger partial charge >= 0.3 is 5.97 Å². The molecule has 0 saturated carbocycles. The molecule has 0 bridgehead atoms. The number of halogens is 2. The first-order valence-corrected chi connectivity index (χ1v) is 8.00. The van der Waals surface area contributed by atoms with Crippen molar-refractivity contribution in [1.82, 2.24) is 14.8 Å². The molecule has 0 atom stereocenters. The van der Waals surface area contributed by atoms with Gasteiger partial charge in [0.25, 0.3) is 0 Å². The minimum atomic E-state index is -0.468. The molecule has 3 rings (SSSR count). The lowest BCUT2D eigenvalue weighted by Gasteiger charge is -2.06. The molecule has 0 N–H and O–H groups in total. The molecule has 0 spiro atoms. The number of ether oxygens (including phenoxy) is 1. The topological polar surface area (TPSA) is 57.0 Å². The number of pyridine rings is 1. The van der Waals surface area contributed by atoms with Crippen LogP contribution in [0.1, 0.15) is 28.5 Å². The van der Waals surface area contributed by atoms with E-state index in [1.807, 2.05) is 0 Å². The van der Waals surface area contributed by atoms with Crippen molar-refractivity contribution in [2.45, 2.75) is 13.5 Å². The maximum absolute atomic E-state index is 14.2. The Bertz CT molecular complexity index is 968. The van der Waals surface area contributed by atoms with E-state index in [-0.39, 0.29) is 18.7 Å². The van der Waals surface area contributed by atoms with Crippen LogP contribution in [0.4, 0.5) is 4.39 Å². The Hall–Kier alpha value is -2.73. The number of esters is 1. The second-order valence-corrected chi connectivity index (χ2v) is 5.79. The van der Waals surface area contributed by atoms with Crippen LogP contribution in [0.5, 0.6) is 0 Å². The normalized spacial score (nSPS) is 10.8. The highest BCUT2D eigenvalue weighted by molar-refractivity contribution is 6.31. The summed E-state index contributed by atoms with van der Waals surface area (Å²) in [6, 6.07) is 4.83. The van der Waals surface area contributed by atoms with Crippen molar-refractivity contribution in [2.24, 2.45) is 0 Å². The van der Waals surface area contributed by atoms with Gasteiger partial charge in [-0.05, 0) is 36.8 Å². The highest BCUT2D eigenvalue weighted by Crippen LogP contribution is 2.22. The van der Waals surface area contributed by atoms with E-state index in [9.17, 15) is 9.18 Å². The second kappa shape index (κ2) is 7.03. The molecule has 0 aliphatic heterocycles. The van der Waals surface area contributed by atoms with E-state index in [2.05, 4.69) is 16.7 Å². The Morgan fingerprint density at radius 2 is 2.24 bits per heavy atom. The molecular formula is C18H15ClFN3O2. The maximum atomic E-state index is 14.2. The van der Waals surface area contributed by atoms with E-state index >= 15 is 0 Å². The van der Waals surface area contributed by atoms with Crippen molar-refractivity contribution in [3.05, 3.63) is 64.8 Å². The van der Waals surface area contributed by atoms with Crippen LogP contribution in [0, 0.1) is 5.82 Å². The second-order valence-electron chi connectivity index (χ2n) is 5.35. The van der Waals surface area contributed by atoms with Crippen LogP contribution >= 0.6 is 11.6 Å². The number of benzene rings is 1. The summed E-state index contributed by atoms with van der Waals surface area (Å²) in [7, 11) is 0. The number of nitrogens with zero attached hydrogens (tertiary/aromatic N) is 3. The first-order chi connectivity index (χ1) is 12.0. The third-order valence-corrected chi connectivity index (χ3v) is 3.79. The number of hydrogen-bond donors (Lipinski definition) is 0. The largest absolute Gasteiger partial charge is 0.462 e. The molecule has 7 heteroatoms. The molecule has 128 valence electrons. The Kier molecular flexibility index (Phi) is 4.81. The predicted molar refractivity (Wildman–Crippen MR) is 94.1 cm³/mol. The molecule has 2 heterocycles. The van der Waals surface area contributed by atoms with E-state index in [0.717, 1.165) is 0 Å². The maximum Gasteiger partial charge on any atom is 0.341 e. The van der Waals surface area contributed by atoms with Crippen LogP contribution in [-0.4, -0.2) is 27.3 Å². The van der Waals surface area contributed by atoms with Gasteiger partial charge in [-0.2, -0.15) is 5.10 Å². The average molecular weight is 360 g/mol. The van der Waals surface area contributed by atoms with E-state index in [0.29, 0.717) is 27.2 Å². The smallest absolute Gasteiger partial charge is 0.341 e. The van der Waals surface area contributed by atoms with Gasteiger partial charge in [0.05, 0.1) is 23.9 Å². The lowest BCUT2D eigenvalue weighted by molar-refractivity contribution is 0.0526. The Morgan fingerprint density at radius 3 is 2.96 bits per heavy atom. The summed E-state index contributed by atoms with van der Waals surface area (Å²) < 4.78 is 20.8. The van der Waals surface area contributed by atoms with Gasteiger partial charge in [0.2, 0.25) is 0 Å². The summed E-state index contributed by atoms with van der Waals surface area (Å²) in [5, 5.41) is 5.32. The van der Waals surface area contributed by atoms with Crippen LogP contribution in [0.25, 0.3) is 17.0 Å². The Labute approximate surface area is 148 Å². The molecule has 0 aliphatic carbocycles. The minimum absolute atomic E-state index is 0.257. The molecule has 25 heavy (non-hydrogen) atoms. The van der Waals surface area contributed by atoms with Gasteiger partial charge in [0.15, 0.2) is 0 Å². The third kappa shape index (κ3) is 3.53. The highest BCUT2D eigenvalue weighted by Gasteiger charge is 2.16. The Balaban J connectivity index is 1.96. The van der Waals surface area contributed by atoms with Crippen molar-refractivity contribution in [2.75, 3.05) is 6.61 Å². The number of fused-ring (bicyclic) bond motifs is 1. The van der Waals surface area contributed by atoms with E-state index < -0.39 is 11.8 Å². The van der Waals surface area contributed by atoms with Crippen molar-refractivity contribution < 1.29 is 13.9 Å². The van der Waals surface area contributed by atoms with Crippen molar-refractivity contribution in [3.63, 3.8) is 0 Å². The third-order valence-electron chi connectivity index (χ3n) is 3.59. The molecule has 3 aromatic rings. The van der Waals surface area contributed by atoms with Crippen molar-refractivity contribution in [3.8, 4) is 0 Å². The van der Waals surface area contributed by atoms with Crippen LogP contribution in [0.3, 0.4) is 0 Å². The molecule has 0 amide bonds. The van der Waals surface area contributed by atoms with Crippen molar-refractivity contribution in [1.29, 1.82) is 0 Å². The van der Waals surface area contributed by atoms with Gasteiger partial charge in [-0.25, -0.2) is 9.18 Å². The molecular weight excluding hydrogens is 345 g/mol. The number of hydrogen-bond acceptors (Lipinski definition) is 4. The molecule has 0 aliphatic rings. The average Bonchev–Trinajstić information content (AvgIpc) is 2.97. The predicted octanol–water partition coefficient (Wildman–Crippen LogP) is 4.09. The van der Waals surface area contributed by atoms with Crippen LogP contribution < -0.4 is 0 Å². The first-order valence-electron chi connectivity index (χ1n) is 7.62.